The van der Waals surface area contributed by atoms with Crippen molar-refractivity contribution < 1.29 is 9.53 Å². The molecule has 2 aromatic rings. The van der Waals surface area contributed by atoms with Crippen molar-refractivity contribution in [1.82, 2.24) is 20.4 Å². The summed E-state index contributed by atoms with van der Waals surface area (Å²) >= 11 is 0. The first-order valence-electron chi connectivity index (χ1n) is 8.81. The van der Waals surface area contributed by atoms with Crippen molar-refractivity contribution in [2.75, 3.05) is 13.1 Å². The molecule has 3 rings (SSSR count). The Bertz CT molecular complexity index is 718. The first-order chi connectivity index (χ1) is 12.0. The molecule has 0 bridgehead atoms. The lowest BCUT2D eigenvalue weighted by molar-refractivity contribution is 0.0939. The summed E-state index contributed by atoms with van der Waals surface area (Å²) in [6.07, 6.45) is 4.24. The largest absolute Gasteiger partial charge is 0.490 e. The van der Waals surface area contributed by atoms with Crippen LogP contribution in [0.1, 0.15) is 47.4 Å². The lowest BCUT2D eigenvalue weighted by Crippen LogP contribution is -2.34. The van der Waals surface area contributed by atoms with E-state index < -0.39 is 0 Å². The van der Waals surface area contributed by atoms with Crippen LogP contribution < -0.4 is 15.4 Å². The topological polar surface area (TPSA) is 68.2 Å². The van der Waals surface area contributed by atoms with Crippen molar-refractivity contribution in [3.8, 4) is 5.75 Å². The van der Waals surface area contributed by atoms with Gasteiger partial charge in [-0.3, -0.25) is 9.48 Å². The summed E-state index contributed by atoms with van der Waals surface area (Å²) < 4.78 is 7.74. The molecule has 0 radical (unpaired) electrons. The van der Waals surface area contributed by atoms with E-state index in [1.54, 1.807) is 4.68 Å². The van der Waals surface area contributed by atoms with E-state index in [1.165, 1.54) is 0 Å². The summed E-state index contributed by atoms with van der Waals surface area (Å²) in [6, 6.07) is 7.28. The highest BCUT2D eigenvalue weighted by Gasteiger charge is 2.17. The van der Waals surface area contributed by atoms with Gasteiger partial charge in [0, 0.05) is 24.4 Å². The normalized spacial score (nSPS) is 16.4. The molecule has 0 saturated carbocycles. The summed E-state index contributed by atoms with van der Waals surface area (Å²) in [5, 5.41) is 10.7. The number of carbonyl (C=O) groups excluding carboxylic acids is 1. The molecule has 1 atom stereocenters. The molecule has 1 aliphatic heterocycles. The summed E-state index contributed by atoms with van der Waals surface area (Å²) in [5.74, 6) is 0.726. The average molecular weight is 342 g/mol. The molecule has 1 amide bonds. The Kier molecular flexibility index (Phi) is 5.38. The van der Waals surface area contributed by atoms with Gasteiger partial charge >= 0.3 is 0 Å². The van der Waals surface area contributed by atoms with Crippen molar-refractivity contribution in [1.29, 1.82) is 0 Å². The van der Waals surface area contributed by atoms with Gasteiger partial charge in [0.15, 0.2) is 0 Å². The molecule has 2 N–H and O–H groups in total. The molecule has 1 aromatic carbocycles. The fraction of sp³-hybridized carbons (Fsp3) is 0.474. The Morgan fingerprint density at radius 2 is 2.00 bits per heavy atom. The Morgan fingerprint density at radius 3 is 2.60 bits per heavy atom. The predicted molar refractivity (Wildman–Crippen MR) is 96.8 cm³/mol. The molecular weight excluding hydrogens is 316 g/mol. The Morgan fingerprint density at radius 1 is 1.32 bits per heavy atom. The van der Waals surface area contributed by atoms with Crippen LogP contribution in [-0.4, -0.2) is 34.9 Å². The molecule has 0 spiro atoms. The second-order valence-electron chi connectivity index (χ2n) is 6.63. The highest BCUT2D eigenvalue weighted by molar-refractivity contribution is 5.94. The second-order valence-corrected chi connectivity index (χ2v) is 6.63. The average Bonchev–Trinajstić information content (AvgIpc) is 2.95. The number of amides is 1. The first-order valence-corrected chi connectivity index (χ1v) is 8.81. The minimum Gasteiger partial charge on any atom is -0.490 e. The van der Waals surface area contributed by atoms with Crippen LogP contribution in [-0.2, 0) is 7.05 Å². The Labute approximate surface area is 148 Å². The highest BCUT2D eigenvalue weighted by Crippen LogP contribution is 2.19. The lowest BCUT2D eigenvalue weighted by atomic mass is 10.1. The molecule has 1 fully saturated rings. The number of piperidine rings is 1. The summed E-state index contributed by atoms with van der Waals surface area (Å²) in [7, 11) is 1.88. The van der Waals surface area contributed by atoms with E-state index in [4.69, 9.17) is 4.74 Å². The van der Waals surface area contributed by atoms with Gasteiger partial charge in [-0.25, -0.2) is 0 Å². The van der Waals surface area contributed by atoms with Gasteiger partial charge in [0.05, 0.1) is 11.7 Å². The van der Waals surface area contributed by atoms with Crippen LogP contribution in [0.25, 0.3) is 0 Å². The van der Waals surface area contributed by atoms with Crippen molar-refractivity contribution in [2.24, 2.45) is 7.05 Å². The number of benzene rings is 1. The van der Waals surface area contributed by atoms with Crippen LogP contribution in [0.15, 0.2) is 30.5 Å². The fourth-order valence-electron chi connectivity index (χ4n) is 3.19. The monoisotopic (exact) mass is 342 g/mol. The number of ether oxygens (including phenoxy) is 1. The van der Waals surface area contributed by atoms with Gasteiger partial charge in [-0.2, -0.15) is 5.10 Å². The number of nitrogens with zero attached hydrogens (tertiary/aromatic N) is 2. The molecule has 1 aliphatic rings. The van der Waals surface area contributed by atoms with E-state index in [-0.39, 0.29) is 18.1 Å². The third kappa shape index (κ3) is 4.39. The van der Waals surface area contributed by atoms with Gasteiger partial charge in [0.25, 0.3) is 5.91 Å². The number of hydrogen-bond donors (Lipinski definition) is 2. The summed E-state index contributed by atoms with van der Waals surface area (Å²) in [4.78, 5) is 12.5. The Hall–Kier alpha value is -2.34. The van der Waals surface area contributed by atoms with Crippen LogP contribution in [0.4, 0.5) is 0 Å². The molecule has 25 heavy (non-hydrogen) atoms. The highest BCUT2D eigenvalue weighted by atomic mass is 16.5. The number of nitrogens with one attached hydrogen (secondary N) is 2. The van der Waals surface area contributed by atoms with E-state index in [1.807, 2.05) is 51.4 Å². The zero-order chi connectivity index (χ0) is 17.8. The molecule has 1 aromatic heterocycles. The standard InChI is InChI=1S/C19H26N4O2/c1-13(18-12-23(3)22-14(18)2)21-19(24)15-4-6-16(7-5-15)25-17-8-10-20-11-9-17/h4-7,12-13,17,20H,8-11H2,1-3H3,(H,21,24). The SMILES string of the molecule is Cc1nn(C)cc1C(C)NC(=O)c1ccc(OC2CCNCC2)cc1. The van der Waals surface area contributed by atoms with Crippen molar-refractivity contribution in [3.63, 3.8) is 0 Å². The number of rotatable bonds is 5. The Balaban J connectivity index is 1.59. The van der Waals surface area contributed by atoms with Gasteiger partial charge in [0.2, 0.25) is 0 Å². The third-order valence-corrected chi connectivity index (χ3v) is 4.57. The van der Waals surface area contributed by atoms with Crippen LogP contribution in [0.2, 0.25) is 0 Å². The molecule has 1 saturated heterocycles. The zero-order valence-corrected chi connectivity index (χ0v) is 15.1. The van der Waals surface area contributed by atoms with Gasteiger partial charge in [0.1, 0.15) is 11.9 Å². The van der Waals surface area contributed by atoms with Crippen molar-refractivity contribution in [3.05, 3.63) is 47.3 Å². The predicted octanol–water partition coefficient (Wildman–Crippen LogP) is 2.35. The van der Waals surface area contributed by atoms with E-state index >= 15 is 0 Å². The summed E-state index contributed by atoms with van der Waals surface area (Å²) in [6.45, 7) is 5.91. The van der Waals surface area contributed by atoms with Crippen LogP contribution in [0.5, 0.6) is 5.75 Å². The van der Waals surface area contributed by atoms with Crippen LogP contribution >= 0.6 is 0 Å². The van der Waals surface area contributed by atoms with Crippen LogP contribution in [0, 0.1) is 6.92 Å². The third-order valence-electron chi connectivity index (χ3n) is 4.57. The fourth-order valence-corrected chi connectivity index (χ4v) is 3.19. The van der Waals surface area contributed by atoms with Gasteiger partial charge in [-0.1, -0.05) is 0 Å². The maximum atomic E-state index is 12.5. The van der Waals surface area contributed by atoms with Crippen LogP contribution in [0.3, 0.4) is 0 Å². The van der Waals surface area contributed by atoms with E-state index in [0.29, 0.717) is 5.56 Å². The zero-order valence-electron chi connectivity index (χ0n) is 15.1. The van der Waals surface area contributed by atoms with Gasteiger partial charge < -0.3 is 15.4 Å². The van der Waals surface area contributed by atoms with Crippen molar-refractivity contribution in [2.45, 2.75) is 38.8 Å². The molecule has 1 unspecified atom stereocenters. The van der Waals surface area contributed by atoms with Crippen molar-refractivity contribution >= 4 is 5.91 Å². The van der Waals surface area contributed by atoms with Gasteiger partial charge in [-0.05, 0) is 64.0 Å². The summed E-state index contributed by atoms with van der Waals surface area (Å²) in [5.41, 5.74) is 2.59. The molecule has 6 heteroatoms. The number of hydrogen-bond acceptors (Lipinski definition) is 4. The van der Waals surface area contributed by atoms with E-state index in [2.05, 4.69) is 15.7 Å². The number of aryl methyl sites for hydroxylation is 2. The maximum absolute atomic E-state index is 12.5. The number of aromatic nitrogens is 2. The maximum Gasteiger partial charge on any atom is 0.251 e. The van der Waals surface area contributed by atoms with Gasteiger partial charge in [-0.15, -0.1) is 0 Å². The molecule has 134 valence electrons. The number of carbonyl (C=O) groups is 1. The molecule has 6 nitrogen and oxygen atoms in total. The molecule has 0 aliphatic carbocycles. The van der Waals surface area contributed by atoms with E-state index in [9.17, 15) is 4.79 Å². The molecular formula is C19H26N4O2. The minimum absolute atomic E-state index is 0.0909. The minimum atomic E-state index is -0.0934. The molecule has 2 heterocycles. The first kappa shape index (κ1) is 17.5. The smallest absolute Gasteiger partial charge is 0.251 e. The lowest BCUT2D eigenvalue weighted by Gasteiger charge is -2.23. The second kappa shape index (κ2) is 7.70. The quantitative estimate of drug-likeness (QED) is 0.875. The van der Waals surface area contributed by atoms with E-state index in [0.717, 1.165) is 42.9 Å².